The molecule has 0 spiro atoms. The van der Waals surface area contributed by atoms with Crippen molar-refractivity contribution in [2.24, 2.45) is 0 Å². The van der Waals surface area contributed by atoms with Crippen LogP contribution in [0.1, 0.15) is 0 Å². The molecule has 7 nitrogen and oxygen atoms in total. The van der Waals surface area contributed by atoms with Crippen molar-refractivity contribution in [1.29, 1.82) is 0 Å². The fourth-order valence-corrected chi connectivity index (χ4v) is 6.20. The average Bonchev–Trinajstić information content (AvgIpc) is 3.14. The monoisotopic (exact) mass is 589 g/mol. The summed E-state index contributed by atoms with van der Waals surface area (Å²) in [6.45, 7) is 0. The first-order valence-corrected chi connectivity index (χ1v) is 15.0. The van der Waals surface area contributed by atoms with Gasteiger partial charge in [-0.1, -0.05) is 72.8 Å². The highest BCUT2D eigenvalue weighted by atomic mass is 15.1. The van der Waals surface area contributed by atoms with E-state index in [1.54, 1.807) is 12.4 Å². The van der Waals surface area contributed by atoms with Crippen LogP contribution in [0.5, 0.6) is 0 Å². The van der Waals surface area contributed by atoms with Gasteiger partial charge in [-0.2, -0.15) is 0 Å². The van der Waals surface area contributed by atoms with E-state index in [0.29, 0.717) is 28.9 Å². The minimum absolute atomic E-state index is 0.474. The summed E-state index contributed by atoms with van der Waals surface area (Å²) in [6.07, 6.45) is 5.29. The molecule has 214 valence electrons. The maximum atomic E-state index is 5.24. The summed E-state index contributed by atoms with van der Waals surface area (Å²) in [6, 6.07) is 40.7. The first kappa shape index (κ1) is 26.0. The zero-order chi connectivity index (χ0) is 30.5. The molecule has 0 unspecified atom stereocenters. The number of aromatic nitrogens is 7. The van der Waals surface area contributed by atoms with Crippen LogP contribution in [0.2, 0.25) is 0 Å². The number of hydrogen-bond donors (Lipinski definition) is 0. The van der Waals surface area contributed by atoms with Crippen LogP contribution in [0, 0.1) is 0 Å². The largest absolute Gasteiger partial charge is 0.256 e. The normalized spacial score (nSPS) is 11.5. The highest BCUT2D eigenvalue weighted by molar-refractivity contribution is 6.23. The van der Waals surface area contributed by atoms with Crippen molar-refractivity contribution in [3.05, 3.63) is 140 Å². The Morgan fingerprint density at radius 1 is 0.370 bits per heavy atom. The third-order valence-electron chi connectivity index (χ3n) is 8.28. The van der Waals surface area contributed by atoms with E-state index in [0.717, 1.165) is 44.0 Å². The number of fused-ring (bicyclic) bond motifs is 6. The van der Waals surface area contributed by atoms with Crippen LogP contribution in [-0.4, -0.2) is 34.9 Å². The molecule has 9 rings (SSSR count). The van der Waals surface area contributed by atoms with Crippen molar-refractivity contribution in [3.8, 4) is 45.7 Å². The second-order valence-corrected chi connectivity index (χ2v) is 11.0. The van der Waals surface area contributed by atoms with Crippen molar-refractivity contribution in [3.63, 3.8) is 0 Å². The molecule has 0 amide bonds. The minimum Gasteiger partial charge on any atom is -0.256 e. The van der Waals surface area contributed by atoms with Gasteiger partial charge in [0.25, 0.3) is 0 Å². The molecule has 5 aromatic heterocycles. The maximum Gasteiger partial charge on any atom is 0.182 e. The smallest absolute Gasteiger partial charge is 0.182 e. The van der Waals surface area contributed by atoms with Gasteiger partial charge >= 0.3 is 0 Å². The van der Waals surface area contributed by atoms with Crippen LogP contribution >= 0.6 is 0 Å². The van der Waals surface area contributed by atoms with Crippen LogP contribution < -0.4 is 0 Å². The fraction of sp³-hybridized carbons (Fsp3) is 0. The molecule has 4 aromatic carbocycles. The lowest BCUT2D eigenvalue weighted by Crippen LogP contribution is -2.02. The molecule has 46 heavy (non-hydrogen) atoms. The van der Waals surface area contributed by atoms with E-state index in [2.05, 4.69) is 82.8 Å². The highest BCUT2D eigenvalue weighted by Crippen LogP contribution is 2.40. The highest BCUT2D eigenvalue weighted by Gasteiger charge is 2.20. The topological polar surface area (TPSA) is 90.2 Å². The molecule has 0 saturated carbocycles. The van der Waals surface area contributed by atoms with Crippen LogP contribution in [0.3, 0.4) is 0 Å². The number of rotatable bonds is 4. The number of pyridine rings is 4. The molecule has 7 heteroatoms. The van der Waals surface area contributed by atoms with E-state index in [1.807, 2.05) is 54.7 Å². The lowest BCUT2D eigenvalue weighted by atomic mass is 9.93. The zero-order valence-corrected chi connectivity index (χ0v) is 24.4. The van der Waals surface area contributed by atoms with Crippen molar-refractivity contribution in [1.82, 2.24) is 34.9 Å². The molecule has 0 N–H and O–H groups in total. The molecule has 0 aliphatic rings. The van der Waals surface area contributed by atoms with E-state index in [1.165, 1.54) is 16.2 Å². The number of nitrogens with zero attached hydrogens (tertiary/aromatic N) is 7. The predicted molar refractivity (Wildman–Crippen MR) is 183 cm³/mol. The van der Waals surface area contributed by atoms with Crippen molar-refractivity contribution >= 4 is 43.4 Å². The molecular weight excluding hydrogens is 566 g/mol. The Labute approximate surface area is 263 Å². The lowest BCUT2D eigenvalue weighted by Gasteiger charge is -2.15. The maximum absolute atomic E-state index is 5.24. The molecule has 0 aliphatic carbocycles. The van der Waals surface area contributed by atoms with Crippen molar-refractivity contribution in [2.75, 3.05) is 0 Å². The number of hydrogen-bond acceptors (Lipinski definition) is 7. The van der Waals surface area contributed by atoms with E-state index >= 15 is 0 Å². The molecule has 9 aromatic rings. The third kappa shape index (κ3) is 4.25. The van der Waals surface area contributed by atoms with Crippen LogP contribution in [0.4, 0.5) is 0 Å². The average molecular weight is 590 g/mol. The quantitative estimate of drug-likeness (QED) is 0.190. The Balaban J connectivity index is 1.31. The van der Waals surface area contributed by atoms with Gasteiger partial charge in [0.15, 0.2) is 17.5 Å². The second-order valence-electron chi connectivity index (χ2n) is 11.0. The Morgan fingerprint density at radius 3 is 1.76 bits per heavy atom. The fourth-order valence-electron chi connectivity index (χ4n) is 6.20. The van der Waals surface area contributed by atoms with Crippen molar-refractivity contribution in [2.45, 2.75) is 0 Å². The lowest BCUT2D eigenvalue weighted by molar-refractivity contribution is 1.05. The number of para-hydroxylation sites is 1. The van der Waals surface area contributed by atoms with Crippen molar-refractivity contribution < 1.29 is 0 Å². The van der Waals surface area contributed by atoms with E-state index in [9.17, 15) is 0 Å². The van der Waals surface area contributed by atoms with E-state index in [-0.39, 0.29) is 0 Å². The summed E-state index contributed by atoms with van der Waals surface area (Å²) in [7, 11) is 0. The van der Waals surface area contributed by atoms with Gasteiger partial charge < -0.3 is 0 Å². The summed E-state index contributed by atoms with van der Waals surface area (Å²) in [5.74, 6) is 1.46. The Kier molecular flexibility index (Phi) is 5.99. The minimum atomic E-state index is 0.474. The Hall–Kier alpha value is -6.47. The molecule has 0 atom stereocenters. The molecule has 0 radical (unpaired) electrons. The third-order valence-corrected chi connectivity index (χ3v) is 8.28. The van der Waals surface area contributed by atoms with Crippen LogP contribution in [0.15, 0.2) is 140 Å². The summed E-state index contributed by atoms with van der Waals surface area (Å²) in [5.41, 5.74) is 5.72. The van der Waals surface area contributed by atoms with E-state index in [4.69, 9.17) is 24.9 Å². The molecule has 5 heterocycles. The van der Waals surface area contributed by atoms with Gasteiger partial charge in [0.05, 0.1) is 16.7 Å². The molecule has 0 bridgehead atoms. The van der Waals surface area contributed by atoms with E-state index < -0.39 is 0 Å². The van der Waals surface area contributed by atoms with Gasteiger partial charge in [-0.15, -0.1) is 0 Å². The summed E-state index contributed by atoms with van der Waals surface area (Å²) < 4.78 is 0. The Morgan fingerprint density at radius 2 is 1.00 bits per heavy atom. The van der Waals surface area contributed by atoms with Gasteiger partial charge in [-0.25, -0.2) is 19.9 Å². The second kappa shape index (κ2) is 10.6. The summed E-state index contributed by atoms with van der Waals surface area (Å²) >= 11 is 0. The molecule has 0 saturated heterocycles. The standard InChI is InChI=1S/C39H23N7/c1-2-11-25-24(10-1)17-18-29-34(25)28-12-3-4-14-31(28)43-36(29)30-20-19-27(26-13-9-23-42-35(26)30)37-44-38(32-15-5-7-21-40-32)46-39(45-37)33-16-6-8-22-41-33/h1-23H. The zero-order valence-electron chi connectivity index (χ0n) is 24.4. The number of benzene rings is 4. The molecular formula is C39H23N7. The first-order valence-electron chi connectivity index (χ1n) is 15.0. The summed E-state index contributed by atoms with van der Waals surface area (Å²) in [4.78, 5) is 33.8. The van der Waals surface area contributed by atoms with Gasteiger partial charge in [-0.3, -0.25) is 15.0 Å². The van der Waals surface area contributed by atoms with Gasteiger partial charge in [0.1, 0.15) is 11.4 Å². The first-order chi connectivity index (χ1) is 22.8. The van der Waals surface area contributed by atoms with Gasteiger partial charge in [-0.05, 0) is 59.3 Å². The van der Waals surface area contributed by atoms with Crippen LogP contribution in [0.25, 0.3) is 89.0 Å². The SMILES string of the molecule is c1ccc(-c2nc(-c3ccccn3)nc(-c3ccc(-c4nc5ccccc5c5c4ccc4ccccc45)c4ncccc34)n2)nc1. The predicted octanol–water partition coefficient (Wildman–Crippen LogP) is 8.73. The summed E-state index contributed by atoms with van der Waals surface area (Å²) in [5, 5.41) is 6.69. The molecule has 0 aliphatic heterocycles. The van der Waals surface area contributed by atoms with Gasteiger partial charge in [0, 0.05) is 51.3 Å². The Bertz CT molecular complexity index is 2510. The molecule has 0 fully saturated rings. The van der Waals surface area contributed by atoms with Gasteiger partial charge in [0.2, 0.25) is 0 Å². The van der Waals surface area contributed by atoms with Crippen LogP contribution in [-0.2, 0) is 0 Å².